The topological polar surface area (TPSA) is 67.6 Å². The molecule has 1 aliphatic heterocycles. The summed E-state index contributed by atoms with van der Waals surface area (Å²) in [7, 11) is 0. The van der Waals surface area contributed by atoms with Gasteiger partial charge >= 0.3 is 0 Å². The van der Waals surface area contributed by atoms with Crippen LogP contribution in [-0.2, 0) is 11.3 Å². The average Bonchev–Trinajstić information content (AvgIpc) is 3.08. The Bertz CT molecular complexity index is 759. The van der Waals surface area contributed by atoms with E-state index in [0.29, 0.717) is 44.8 Å². The number of benzene rings is 1. The van der Waals surface area contributed by atoms with E-state index in [2.05, 4.69) is 23.4 Å². The Balaban J connectivity index is 1.49. The first-order valence-corrected chi connectivity index (χ1v) is 10.2. The molecule has 0 bridgehead atoms. The Morgan fingerprint density at radius 3 is 2.79 bits per heavy atom. The van der Waals surface area contributed by atoms with Crippen molar-refractivity contribution in [2.45, 2.75) is 57.6 Å². The fourth-order valence-corrected chi connectivity index (χ4v) is 3.69. The van der Waals surface area contributed by atoms with Gasteiger partial charge in [-0.3, -0.25) is 4.79 Å². The van der Waals surface area contributed by atoms with Gasteiger partial charge in [0.05, 0.1) is 0 Å². The Morgan fingerprint density at radius 2 is 2.04 bits per heavy atom. The van der Waals surface area contributed by atoms with Gasteiger partial charge in [0.25, 0.3) is 0 Å². The molecule has 0 saturated carbocycles. The van der Waals surface area contributed by atoms with Crippen molar-refractivity contribution >= 4 is 5.91 Å². The lowest BCUT2D eigenvalue weighted by molar-refractivity contribution is -0.131. The fraction of sp³-hybridized carbons (Fsp3) is 0.545. The Hall–Kier alpha value is -2.34. The zero-order valence-electron chi connectivity index (χ0n) is 16.9. The van der Waals surface area contributed by atoms with Crippen LogP contribution in [0.3, 0.4) is 0 Å². The van der Waals surface area contributed by atoms with Gasteiger partial charge in [0.1, 0.15) is 23.8 Å². The maximum atomic E-state index is 12.7. The first-order chi connectivity index (χ1) is 13.5. The maximum absolute atomic E-state index is 12.7. The summed E-state index contributed by atoms with van der Waals surface area (Å²) in [5.41, 5.74) is -0.889. The van der Waals surface area contributed by atoms with Crippen molar-refractivity contribution in [1.82, 2.24) is 14.5 Å². The number of aryl methyl sites for hydroxylation is 1. The third kappa shape index (κ3) is 5.35. The van der Waals surface area contributed by atoms with Crippen molar-refractivity contribution in [3.8, 4) is 5.75 Å². The molecule has 1 unspecified atom stereocenters. The van der Waals surface area contributed by atoms with Crippen LogP contribution in [0.2, 0.25) is 0 Å². The first kappa shape index (κ1) is 20.4. The largest absolute Gasteiger partial charge is 0.491 e. The van der Waals surface area contributed by atoms with Gasteiger partial charge in [-0.1, -0.05) is 32.0 Å². The highest BCUT2D eigenvalue weighted by Gasteiger charge is 2.32. The van der Waals surface area contributed by atoms with Crippen LogP contribution in [0.1, 0.15) is 51.3 Å². The molecule has 2 aromatic rings. The van der Waals surface area contributed by atoms with Crippen LogP contribution in [-0.4, -0.2) is 50.8 Å². The summed E-state index contributed by atoms with van der Waals surface area (Å²) in [4.78, 5) is 19.0. The van der Waals surface area contributed by atoms with Crippen molar-refractivity contribution < 1.29 is 14.6 Å². The van der Waals surface area contributed by atoms with Gasteiger partial charge in [-0.25, -0.2) is 4.98 Å². The minimum absolute atomic E-state index is 0.136. The van der Waals surface area contributed by atoms with Crippen LogP contribution < -0.4 is 4.74 Å². The fourth-order valence-electron chi connectivity index (χ4n) is 3.69. The second kappa shape index (κ2) is 9.24. The molecule has 1 fully saturated rings. The number of hydrogen-bond donors (Lipinski definition) is 1. The summed E-state index contributed by atoms with van der Waals surface area (Å²) in [6, 6.07) is 9.54. The van der Waals surface area contributed by atoms with Gasteiger partial charge in [0.2, 0.25) is 5.91 Å². The van der Waals surface area contributed by atoms with E-state index in [4.69, 9.17) is 4.74 Å². The number of aliphatic hydroxyl groups is 1. The molecular formula is C22H31N3O3. The number of nitrogens with zero attached hydrogens (tertiary/aromatic N) is 3. The molecule has 1 aliphatic rings. The molecule has 6 heteroatoms. The molecule has 6 nitrogen and oxygen atoms in total. The van der Waals surface area contributed by atoms with E-state index in [1.54, 1.807) is 6.20 Å². The van der Waals surface area contributed by atoms with Crippen molar-refractivity contribution in [3.63, 3.8) is 0 Å². The molecule has 1 amide bonds. The van der Waals surface area contributed by atoms with Crippen LogP contribution in [0, 0.1) is 0 Å². The second-order valence-electron chi connectivity index (χ2n) is 7.94. The molecule has 2 heterocycles. The number of aromatic nitrogens is 2. The van der Waals surface area contributed by atoms with Crippen molar-refractivity contribution in [1.29, 1.82) is 0 Å². The highest BCUT2D eigenvalue weighted by Crippen LogP contribution is 2.24. The van der Waals surface area contributed by atoms with Crippen molar-refractivity contribution in [2.75, 3.05) is 19.7 Å². The van der Waals surface area contributed by atoms with Crippen LogP contribution in [0.15, 0.2) is 42.7 Å². The zero-order chi connectivity index (χ0) is 20.0. The summed E-state index contributed by atoms with van der Waals surface area (Å²) in [5.74, 6) is 2.24. The Morgan fingerprint density at radius 1 is 1.25 bits per heavy atom. The molecule has 1 aromatic heterocycles. The standard InChI is InChI=1S/C22H31N3O3/c1-18(2)21-23-12-16-25(21)14-9-20(26)24-13-6-10-22(27,11-15-24)17-28-19-7-4-3-5-8-19/h3-5,7-8,12,16,18,27H,6,9-11,13-15,17H2,1-2H3. The molecule has 1 saturated heterocycles. The van der Waals surface area contributed by atoms with Crippen molar-refractivity contribution in [3.05, 3.63) is 48.5 Å². The van der Waals surface area contributed by atoms with Gasteiger partial charge in [0, 0.05) is 44.4 Å². The van der Waals surface area contributed by atoms with E-state index in [9.17, 15) is 9.90 Å². The molecule has 28 heavy (non-hydrogen) atoms. The average molecular weight is 386 g/mol. The normalized spacial score (nSPS) is 20.2. The number of para-hydroxylation sites is 1. The van der Waals surface area contributed by atoms with Crippen LogP contribution >= 0.6 is 0 Å². The molecule has 1 aromatic carbocycles. The third-order valence-electron chi connectivity index (χ3n) is 5.35. The number of carbonyl (C=O) groups is 1. The number of imidazole rings is 1. The number of rotatable bonds is 7. The number of amides is 1. The van der Waals surface area contributed by atoms with Gasteiger partial charge in [-0.15, -0.1) is 0 Å². The summed E-state index contributed by atoms with van der Waals surface area (Å²) in [6.07, 6.45) is 6.14. The molecule has 0 radical (unpaired) electrons. The van der Waals surface area contributed by atoms with E-state index in [1.807, 2.05) is 41.4 Å². The second-order valence-corrected chi connectivity index (χ2v) is 7.94. The molecule has 3 rings (SSSR count). The summed E-state index contributed by atoms with van der Waals surface area (Å²) >= 11 is 0. The first-order valence-electron chi connectivity index (χ1n) is 10.2. The minimum Gasteiger partial charge on any atom is -0.491 e. The zero-order valence-corrected chi connectivity index (χ0v) is 16.9. The predicted molar refractivity (Wildman–Crippen MR) is 108 cm³/mol. The van der Waals surface area contributed by atoms with E-state index in [0.717, 1.165) is 18.0 Å². The number of ether oxygens (including phenoxy) is 1. The lowest BCUT2D eigenvalue weighted by atomic mass is 9.96. The number of hydrogen-bond acceptors (Lipinski definition) is 4. The molecule has 152 valence electrons. The van der Waals surface area contributed by atoms with Gasteiger partial charge in [0.15, 0.2) is 0 Å². The maximum Gasteiger partial charge on any atom is 0.224 e. The quantitative estimate of drug-likeness (QED) is 0.795. The van der Waals surface area contributed by atoms with Crippen LogP contribution in [0.4, 0.5) is 0 Å². The van der Waals surface area contributed by atoms with Gasteiger partial charge < -0.3 is 19.3 Å². The van der Waals surface area contributed by atoms with Crippen LogP contribution in [0.25, 0.3) is 0 Å². The van der Waals surface area contributed by atoms with E-state index >= 15 is 0 Å². The molecule has 1 atom stereocenters. The van der Waals surface area contributed by atoms with E-state index in [1.165, 1.54) is 0 Å². The molecule has 0 aliphatic carbocycles. The highest BCUT2D eigenvalue weighted by atomic mass is 16.5. The summed E-state index contributed by atoms with van der Waals surface area (Å²) in [5, 5.41) is 10.9. The number of likely N-dealkylation sites (tertiary alicyclic amines) is 1. The van der Waals surface area contributed by atoms with Crippen molar-refractivity contribution in [2.24, 2.45) is 0 Å². The predicted octanol–water partition coefficient (Wildman–Crippen LogP) is 3.22. The van der Waals surface area contributed by atoms with Gasteiger partial charge in [-0.2, -0.15) is 0 Å². The third-order valence-corrected chi connectivity index (χ3v) is 5.35. The SMILES string of the molecule is CC(C)c1nccn1CCC(=O)N1CCCC(O)(COc2ccccc2)CC1. The Kier molecular flexibility index (Phi) is 6.73. The van der Waals surface area contributed by atoms with Gasteiger partial charge in [-0.05, 0) is 31.4 Å². The summed E-state index contributed by atoms with van der Waals surface area (Å²) < 4.78 is 7.83. The molecule has 0 spiro atoms. The lowest BCUT2D eigenvalue weighted by Gasteiger charge is -2.27. The highest BCUT2D eigenvalue weighted by molar-refractivity contribution is 5.76. The van der Waals surface area contributed by atoms with Crippen LogP contribution in [0.5, 0.6) is 5.75 Å². The minimum atomic E-state index is -0.889. The smallest absolute Gasteiger partial charge is 0.224 e. The molecule has 1 N–H and O–H groups in total. The monoisotopic (exact) mass is 385 g/mol. The lowest BCUT2D eigenvalue weighted by Crippen LogP contribution is -2.38. The number of carbonyl (C=O) groups excluding carboxylic acids is 1. The van der Waals surface area contributed by atoms with E-state index < -0.39 is 5.60 Å². The Labute approximate surface area is 167 Å². The molecular weight excluding hydrogens is 354 g/mol. The van der Waals surface area contributed by atoms with E-state index in [-0.39, 0.29) is 12.5 Å². The summed E-state index contributed by atoms with van der Waals surface area (Å²) in [6.45, 7) is 6.36.